The molecule has 2 unspecified atom stereocenters. The van der Waals surface area contributed by atoms with Gasteiger partial charge < -0.3 is 11.1 Å². The van der Waals surface area contributed by atoms with Gasteiger partial charge in [-0.15, -0.1) is 0 Å². The summed E-state index contributed by atoms with van der Waals surface area (Å²) in [6.45, 7) is 2.60. The maximum Gasteiger partial charge on any atom is 0.224 e. The van der Waals surface area contributed by atoms with Crippen LogP contribution in [-0.2, 0) is 10.2 Å². The molecule has 1 aliphatic carbocycles. The number of benzene rings is 2. The van der Waals surface area contributed by atoms with Crippen LogP contribution < -0.4 is 11.1 Å². The fraction of sp³-hybridized carbons (Fsp3) is 0.381. The van der Waals surface area contributed by atoms with Crippen molar-refractivity contribution in [2.75, 3.05) is 6.54 Å². The Hall–Kier alpha value is -2.13. The van der Waals surface area contributed by atoms with Crippen LogP contribution in [0.25, 0.3) is 0 Å². The maximum atomic E-state index is 12.6. The molecule has 0 bridgehead atoms. The molecule has 0 aliphatic heterocycles. The van der Waals surface area contributed by atoms with Crippen molar-refractivity contribution in [1.82, 2.24) is 5.32 Å². The van der Waals surface area contributed by atoms with Gasteiger partial charge in [-0.05, 0) is 24.0 Å². The van der Waals surface area contributed by atoms with Gasteiger partial charge in [0.15, 0.2) is 0 Å². The molecule has 3 rings (SSSR count). The molecule has 0 spiro atoms. The minimum Gasteiger partial charge on any atom is -0.355 e. The van der Waals surface area contributed by atoms with E-state index in [1.165, 1.54) is 12.0 Å². The molecule has 126 valence electrons. The number of hydrogen-bond donors (Lipinski definition) is 2. The monoisotopic (exact) mass is 322 g/mol. The normalized spacial score (nSPS) is 18.2. The number of hydrogen-bond acceptors (Lipinski definition) is 2. The first-order valence-corrected chi connectivity index (χ1v) is 8.76. The molecule has 1 amide bonds. The SMILES string of the molecule is CC(C(=O)NCC1(c2ccccc2)CCC1)C(N)c1ccccc1. The molecule has 24 heavy (non-hydrogen) atoms. The van der Waals surface area contributed by atoms with Gasteiger partial charge in [0.25, 0.3) is 0 Å². The number of carbonyl (C=O) groups excluding carboxylic acids is 1. The Kier molecular flexibility index (Phi) is 5.00. The van der Waals surface area contributed by atoms with Gasteiger partial charge >= 0.3 is 0 Å². The van der Waals surface area contributed by atoms with Crippen molar-refractivity contribution >= 4 is 5.91 Å². The van der Waals surface area contributed by atoms with Crippen LogP contribution in [0.15, 0.2) is 60.7 Å². The van der Waals surface area contributed by atoms with Gasteiger partial charge in [-0.3, -0.25) is 4.79 Å². The smallest absolute Gasteiger partial charge is 0.224 e. The summed E-state index contributed by atoms with van der Waals surface area (Å²) in [7, 11) is 0. The zero-order valence-electron chi connectivity index (χ0n) is 14.2. The summed E-state index contributed by atoms with van der Waals surface area (Å²) in [6, 6.07) is 20.1. The fourth-order valence-corrected chi connectivity index (χ4v) is 3.51. The highest BCUT2D eigenvalue weighted by atomic mass is 16.1. The quantitative estimate of drug-likeness (QED) is 0.854. The molecular formula is C21H26N2O. The zero-order valence-corrected chi connectivity index (χ0v) is 14.2. The minimum atomic E-state index is -0.278. The van der Waals surface area contributed by atoms with E-state index in [1.807, 2.05) is 43.3 Å². The van der Waals surface area contributed by atoms with Crippen LogP contribution >= 0.6 is 0 Å². The molecule has 1 saturated carbocycles. The first kappa shape index (κ1) is 16.7. The minimum absolute atomic E-state index is 0.0357. The molecule has 3 nitrogen and oxygen atoms in total. The lowest BCUT2D eigenvalue weighted by Gasteiger charge is -2.43. The third-order valence-electron chi connectivity index (χ3n) is 5.43. The molecule has 1 fully saturated rings. The third kappa shape index (κ3) is 3.36. The fourth-order valence-electron chi connectivity index (χ4n) is 3.51. The molecule has 0 aromatic heterocycles. The molecule has 2 aromatic rings. The largest absolute Gasteiger partial charge is 0.355 e. The molecule has 0 radical (unpaired) electrons. The Bertz CT molecular complexity index is 665. The molecule has 0 saturated heterocycles. The lowest BCUT2D eigenvalue weighted by Crippen LogP contribution is -2.47. The van der Waals surface area contributed by atoms with Crippen LogP contribution in [0.1, 0.15) is 43.4 Å². The van der Waals surface area contributed by atoms with Crippen molar-refractivity contribution in [3.05, 3.63) is 71.8 Å². The van der Waals surface area contributed by atoms with E-state index in [-0.39, 0.29) is 23.3 Å². The number of amides is 1. The topological polar surface area (TPSA) is 55.1 Å². The molecule has 1 aliphatic rings. The van der Waals surface area contributed by atoms with Crippen LogP contribution in [-0.4, -0.2) is 12.5 Å². The Balaban J connectivity index is 1.62. The Morgan fingerprint density at radius 3 is 2.21 bits per heavy atom. The van der Waals surface area contributed by atoms with Crippen molar-refractivity contribution in [2.24, 2.45) is 11.7 Å². The number of carbonyl (C=O) groups is 1. The highest BCUT2D eigenvalue weighted by Gasteiger charge is 2.39. The van der Waals surface area contributed by atoms with E-state index in [1.54, 1.807) is 0 Å². The number of nitrogens with two attached hydrogens (primary N) is 1. The molecule has 3 N–H and O–H groups in total. The predicted octanol–water partition coefficient (Wildman–Crippen LogP) is 3.56. The predicted molar refractivity (Wildman–Crippen MR) is 97.5 cm³/mol. The van der Waals surface area contributed by atoms with Crippen molar-refractivity contribution in [1.29, 1.82) is 0 Å². The molecule has 2 atom stereocenters. The highest BCUT2D eigenvalue weighted by Crippen LogP contribution is 2.43. The molecule has 2 aromatic carbocycles. The van der Waals surface area contributed by atoms with Gasteiger partial charge in [0.2, 0.25) is 5.91 Å². The second-order valence-electron chi connectivity index (χ2n) is 6.94. The molecular weight excluding hydrogens is 296 g/mol. The summed E-state index contributed by atoms with van der Waals surface area (Å²) in [4.78, 5) is 12.6. The molecule has 3 heteroatoms. The summed E-state index contributed by atoms with van der Waals surface area (Å²) in [5, 5.41) is 3.16. The van der Waals surface area contributed by atoms with Gasteiger partial charge in [0, 0.05) is 18.0 Å². The summed E-state index contributed by atoms with van der Waals surface area (Å²) in [5.74, 6) is -0.214. The lowest BCUT2D eigenvalue weighted by molar-refractivity contribution is -0.125. The zero-order chi connectivity index (χ0) is 17.0. The van der Waals surface area contributed by atoms with E-state index in [4.69, 9.17) is 5.73 Å². The maximum absolute atomic E-state index is 12.6. The standard InChI is InChI=1S/C21H26N2O/c1-16(19(22)17-9-4-2-5-10-17)20(24)23-15-21(13-8-14-21)18-11-6-3-7-12-18/h2-7,9-12,16,19H,8,13-15,22H2,1H3,(H,23,24). The number of nitrogens with one attached hydrogen (secondary N) is 1. The second kappa shape index (κ2) is 7.18. The van der Waals surface area contributed by atoms with Crippen molar-refractivity contribution in [3.63, 3.8) is 0 Å². The summed E-state index contributed by atoms with van der Waals surface area (Å²) >= 11 is 0. The van der Waals surface area contributed by atoms with Crippen molar-refractivity contribution in [2.45, 2.75) is 37.6 Å². The van der Waals surface area contributed by atoms with E-state index in [0.717, 1.165) is 18.4 Å². The van der Waals surface area contributed by atoms with E-state index in [0.29, 0.717) is 6.54 Å². The van der Waals surface area contributed by atoms with Crippen LogP contribution in [0, 0.1) is 5.92 Å². The first-order valence-electron chi connectivity index (χ1n) is 8.76. The first-order chi connectivity index (χ1) is 11.6. The van der Waals surface area contributed by atoms with E-state index in [9.17, 15) is 4.79 Å². The van der Waals surface area contributed by atoms with E-state index >= 15 is 0 Å². The van der Waals surface area contributed by atoms with E-state index < -0.39 is 0 Å². The second-order valence-corrected chi connectivity index (χ2v) is 6.94. The van der Waals surface area contributed by atoms with Gasteiger partial charge in [-0.2, -0.15) is 0 Å². The van der Waals surface area contributed by atoms with Crippen LogP contribution in [0.5, 0.6) is 0 Å². The summed E-state index contributed by atoms with van der Waals surface area (Å²) in [6.07, 6.45) is 3.50. The van der Waals surface area contributed by atoms with E-state index in [2.05, 4.69) is 29.6 Å². The Labute approximate surface area is 144 Å². The summed E-state index contributed by atoms with van der Waals surface area (Å²) in [5.41, 5.74) is 8.71. The Morgan fingerprint density at radius 2 is 1.67 bits per heavy atom. The highest BCUT2D eigenvalue weighted by molar-refractivity contribution is 5.79. The van der Waals surface area contributed by atoms with Crippen LogP contribution in [0.4, 0.5) is 0 Å². The third-order valence-corrected chi connectivity index (χ3v) is 5.43. The van der Waals surface area contributed by atoms with Gasteiger partial charge in [0.1, 0.15) is 0 Å². The van der Waals surface area contributed by atoms with Gasteiger partial charge in [-0.25, -0.2) is 0 Å². The van der Waals surface area contributed by atoms with Crippen molar-refractivity contribution in [3.8, 4) is 0 Å². The summed E-state index contributed by atoms with van der Waals surface area (Å²) < 4.78 is 0. The van der Waals surface area contributed by atoms with Gasteiger partial charge in [0.05, 0.1) is 5.92 Å². The Morgan fingerprint density at radius 1 is 1.08 bits per heavy atom. The molecule has 0 heterocycles. The van der Waals surface area contributed by atoms with Crippen molar-refractivity contribution < 1.29 is 4.79 Å². The number of rotatable bonds is 6. The van der Waals surface area contributed by atoms with Gasteiger partial charge in [-0.1, -0.05) is 74.0 Å². The average Bonchev–Trinajstić information content (AvgIpc) is 2.61. The lowest BCUT2D eigenvalue weighted by atomic mass is 9.64. The van der Waals surface area contributed by atoms with Crippen LogP contribution in [0.3, 0.4) is 0 Å². The average molecular weight is 322 g/mol. The van der Waals surface area contributed by atoms with Crippen LogP contribution in [0.2, 0.25) is 0 Å².